The van der Waals surface area contributed by atoms with Crippen molar-refractivity contribution in [2.24, 2.45) is 0 Å². The van der Waals surface area contributed by atoms with Crippen LogP contribution in [-0.4, -0.2) is 24.4 Å². The third kappa shape index (κ3) is 3.17. The average Bonchev–Trinajstić information content (AvgIpc) is 2.94. The lowest BCUT2D eigenvalue weighted by Gasteiger charge is -2.08. The number of methoxy groups -OCH3 is 2. The molecule has 0 bridgehead atoms. The van der Waals surface area contributed by atoms with Gasteiger partial charge in [0, 0.05) is 12.0 Å². The van der Waals surface area contributed by atoms with Crippen molar-refractivity contribution in [2.75, 3.05) is 14.2 Å². The van der Waals surface area contributed by atoms with Crippen molar-refractivity contribution in [3.05, 3.63) is 42.1 Å². The van der Waals surface area contributed by atoms with Crippen molar-refractivity contribution >= 4 is 5.57 Å². The van der Waals surface area contributed by atoms with Crippen molar-refractivity contribution in [1.29, 1.82) is 0 Å². The van der Waals surface area contributed by atoms with E-state index in [0.29, 0.717) is 18.2 Å². The fourth-order valence-corrected chi connectivity index (χ4v) is 1.81. The molecule has 5 nitrogen and oxygen atoms in total. The Morgan fingerprint density at radius 2 is 1.90 bits per heavy atom. The zero-order chi connectivity index (χ0) is 14.5. The molecule has 1 heterocycles. The Kier molecular flexibility index (Phi) is 4.40. The Labute approximate surface area is 118 Å². The molecule has 0 aliphatic rings. The summed E-state index contributed by atoms with van der Waals surface area (Å²) in [6, 6.07) is 5.84. The summed E-state index contributed by atoms with van der Waals surface area (Å²) in [6.45, 7) is 5.61. The highest BCUT2D eigenvalue weighted by molar-refractivity contribution is 5.51. The van der Waals surface area contributed by atoms with Crippen LogP contribution in [0.25, 0.3) is 5.57 Å². The molecule has 2 aromatic rings. The van der Waals surface area contributed by atoms with Crippen molar-refractivity contribution in [1.82, 2.24) is 10.2 Å². The SMILES string of the molecule is C=C(C)c1nnc(CCc2ccc(OC)c(OC)c2)o1. The molecule has 0 unspecified atom stereocenters. The average molecular weight is 274 g/mol. The van der Waals surface area contributed by atoms with E-state index in [9.17, 15) is 0 Å². The fourth-order valence-electron chi connectivity index (χ4n) is 1.81. The van der Waals surface area contributed by atoms with Gasteiger partial charge < -0.3 is 13.9 Å². The van der Waals surface area contributed by atoms with E-state index in [-0.39, 0.29) is 0 Å². The van der Waals surface area contributed by atoms with Gasteiger partial charge in [-0.2, -0.15) is 0 Å². The Morgan fingerprint density at radius 3 is 2.50 bits per heavy atom. The lowest BCUT2D eigenvalue weighted by Crippen LogP contribution is -1.95. The van der Waals surface area contributed by atoms with Crippen molar-refractivity contribution < 1.29 is 13.9 Å². The van der Waals surface area contributed by atoms with Crippen LogP contribution in [0, 0.1) is 0 Å². The summed E-state index contributed by atoms with van der Waals surface area (Å²) in [7, 11) is 3.24. The first-order chi connectivity index (χ1) is 9.63. The molecular formula is C15H18N2O3. The van der Waals surface area contributed by atoms with Gasteiger partial charge in [-0.3, -0.25) is 0 Å². The van der Waals surface area contributed by atoms with E-state index in [2.05, 4.69) is 16.8 Å². The van der Waals surface area contributed by atoms with Crippen LogP contribution in [0.3, 0.4) is 0 Å². The van der Waals surface area contributed by atoms with E-state index >= 15 is 0 Å². The molecule has 0 radical (unpaired) electrons. The second-order valence-electron chi connectivity index (χ2n) is 4.47. The molecule has 0 atom stereocenters. The van der Waals surface area contributed by atoms with Gasteiger partial charge in [0.1, 0.15) is 0 Å². The highest BCUT2D eigenvalue weighted by Gasteiger charge is 2.08. The van der Waals surface area contributed by atoms with Gasteiger partial charge in [-0.05, 0) is 31.0 Å². The molecule has 1 aromatic carbocycles. The minimum atomic E-state index is 0.493. The number of rotatable bonds is 6. The largest absolute Gasteiger partial charge is 0.493 e. The topological polar surface area (TPSA) is 57.4 Å². The number of hydrogen-bond donors (Lipinski definition) is 0. The van der Waals surface area contributed by atoms with Crippen LogP contribution >= 0.6 is 0 Å². The summed E-state index contributed by atoms with van der Waals surface area (Å²) in [5, 5.41) is 7.92. The quantitative estimate of drug-likeness (QED) is 0.810. The maximum atomic E-state index is 5.49. The maximum absolute atomic E-state index is 5.49. The van der Waals surface area contributed by atoms with Gasteiger partial charge in [-0.25, -0.2) is 0 Å². The van der Waals surface area contributed by atoms with Crippen LogP contribution in [0.1, 0.15) is 24.3 Å². The van der Waals surface area contributed by atoms with E-state index < -0.39 is 0 Å². The second-order valence-corrected chi connectivity index (χ2v) is 4.47. The normalized spacial score (nSPS) is 10.3. The van der Waals surface area contributed by atoms with Gasteiger partial charge in [0.05, 0.1) is 14.2 Å². The molecule has 2 rings (SSSR count). The molecule has 1 aromatic heterocycles. The van der Waals surface area contributed by atoms with Gasteiger partial charge >= 0.3 is 0 Å². The van der Waals surface area contributed by atoms with Crippen LogP contribution in [0.5, 0.6) is 11.5 Å². The van der Waals surface area contributed by atoms with Crippen LogP contribution < -0.4 is 9.47 Å². The van der Waals surface area contributed by atoms with Gasteiger partial charge in [0.25, 0.3) is 0 Å². The fraction of sp³-hybridized carbons (Fsp3) is 0.333. The third-order valence-corrected chi connectivity index (χ3v) is 2.91. The first-order valence-corrected chi connectivity index (χ1v) is 6.33. The Balaban J connectivity index is 2.04. The maximum Gasteiger partial charge on any atom is 0.242 e. The second kappa shape index (κ2) is 6.23. The van der Waals surface area contributed by atoms with Gasteiger partial charge in [0.2, 0.25) is 11.8 Å². The minimum Gasteiger partial charge on any atom is -0.493 e. The summed E-state index contributed by atoms with van der Waals surface area (Å²) in [5.41, 5.74) is 1.90. The number of hydrogen-bond acceptors (Lipinski definition) is 5. The Morgan fingerprint density at radius 1 is 1.15 bits per heavy atom. The van der Waals surface area contributed by atoms with Crippen LogP contribution in [-0.2, 0) is 12.8 Å². The predicted molar refractivity (Wildman–Crippen MR) is 76.0 cm³/mol. The van der Waals surface area contributed by atoms with Gasteiger partial charge in [-0.1, -0.05) is 12.6 Å². The van der Waals surface area contributed by atoms with Gasteiger partial charge in [-0.15, -0.1) is 10.2 Å². The van der Waals surface area contributed by atoms with Gasteiger partial charge in [0.15, 0.2) is 11.5 Å². The number of nitrogens with zero attached hydrogens (tertiary/aromatic N) is 2. The van der Waals surface area contributed by atoms with Crippen molar-refractivity contribution in [3.8, 4) is 11.5 Å². The molecule has 5 heteroatoms. The molecule has 0 fully saturated rings. The summed E-state index contributed by atoms with van der Waals surface area (Å²) < 4.78 is 16.0. The van der Waals surface area contributed by atoms with Crippen molar-refractivity contribution in [3.63, 3.8) is 0 Å². The molecule has 0 aliphatic heterocycles. The molecule has 0 amide bonds. The summed E-state index contributed by atoms with van der Waals surface area (Å²) in [5.74, 6) is 2.54. The van der Waals surface area contributed by atoms with Crippen LogP contribution in [0.15, 0.2) is 29.2 Å². The predicted octanol–water partition coefficient (Wildman–Crippen LogP) is 2.91. The number of ether oxygens (including phenoxy) is 2. The number of benzene rings is 1. The van der Waals surface area contributed by atoms with E-state index in [1.54, 1.807) is 14.2 Å². The monoisotopic (exact) mass is 274 g/mol. The van der Waals surface area contributed by atoms with Crippen molar-refractivity contribution in [2.45, 2.75) is 19.8 Å². The standard InChI is InChI=1S/C15H18N2O3/c1-10(2)15-17-16-14(20-15)8-6-11-5-7-12(18-3)13(9-11)19-4/h5,7,9H,1,6,8H2,2-4H3. The molecule has 20 heavy (non-hydrogen) atoms. The molecule has 106 valence electrons. The molecule has 0 saturated carbocycles. The van der Waals surface area contributed by atoms with E-state index in [1.165, 1.54) is 0 Å². The van der Waals surface area contributed by atoms with Crippen LogP contribution in [0.2, 0.25) is 0 Å². The third-order valence-electron chi connectivity index (χ3n) is 2.91. The highest BCUT2D eigenvalue weighted by atomic mass is 16.5. The summed E-state index contributed by atoms with van der Waals surface area (Å²) in [4.78, 5) is 0. The zero-order valence-corrected chi connectivity index (χ0v) is 12.0. The summed E-state index contributed by atoms with van der Waals surface area (Å²) >= 11 is 0. The lowest BCUT2D eigenvalue weighted by molar-refractivity contribution is 0.354. The summed E-state index contributed by atoms with van der Waals surface area (Å²) in [6.07, 6.45) is 1.47. The molecular weight excluding hydrogens is 256 g/mol. The van der Waals surface area contributed by atoms with Crippen LogP contribution in [0.4, 0.5) is 0 Å². The smallest absolute Gasteiger partial charge is 0.242 e. The highest BCUT2D eigenvalue weighted by Crippen LogP contribution is 2.28. The lowest BCUT2D eigenvalue weighted by atomic mass is 10.1. The molecule has 0 saturated heterocycles. The van der Waals surface area contributed by atoms with E-state index in [4.69, 9.17) is 13.9 Å². The number of aryl methyl sites for hydroxylation is 2. The first-order valence-electron chi connectivity index (χ1n) is 6.33. The Hall–Kier alpha value is -2.30. The molecule has 0 aliphatic carbocycles. The Bertz CT molecular complexity index is 605. The zero-order valence-electron chi connectivity index (χ0n) is 12.0. The molecule has 0 N–H and O–H groups in total. The number of allylic oxidation sites excluding steroid dienone is 1. The molecule has 0 spiro atoms. The van der Waals surface area contributed by atoms with E-state index in [1.807, 2.05) is 25.1 Å². The number of aromatic nitrogens is 2. The van der Waals surface area contributed by atoms with E-state index in [0.717, 1.165) is 29.1 Å². The first kappa shape index (κ1) is 14.1. The minimum absolute atomic E-state index is 0.493.